The van der Waals surface area contributed by atoms with Crippen molar-refractivity contribution in [2.45, 2.75) is 13.5 Å². The van der Waals surface area contributed by atoms with Gasteiger partial charge in [0.15, 0.2) is 0 Å². The van der Waals surface area contributed by atoms with Gasteiger partial charge in [0.05, 0.1) is 25.1 Å². The molecule has 0 bridgehead atoms. The zero-order valence-corrected chi connectivity index (χ0v) is 11.4. The first-order chi connectivity index (χ1) is 9.63. The quantitative estimate of drug-likeness (QED) is 0.835. The number of ether oxygens (including phenoxy) is 1. The predicted octanol–water partition coefficient (Wildman–Crippen LogP) is 3.62. The van der Waals surface area contributed by atoms with Crippen LogP contribution >= 0.6 is 0 Å². The average molecular weight is 272 g/mol. The molecule has 0 amide bonds. The van der Waals surface area contributed by atoms with E-state index in [9.17, 15) is 10.2 Å². The number of benzene rings is 2. The molecule has 0 spiro atoms. The van der Waals surface area contributed by atoms with E-state index in [2.05, 4.69) is 10.2 Å². The van der Waals surface area contributed by atoms with Crippen LogP contribution in [0.5, 0.6) is 11.5 Å². The Balaban J connectivity index is 2.29. The van der Waals surface area contributed by atoms with Crippen LogP contribution in [0.15, 0.2) is 46.6 Å². The third-order valence-corrected chi connectivity index (χ3v) is 2.90. The van der Waals surface area contributed by atoms with E-state index in [1.165, 1.54) is 12.1 Å². The molecule has 0 atom stereocenters. The van der Waals surface area contributed by atoms with E-state index in [0.717, 1.165) is 17.0 Å². The zero-order valence-electron chi connectivity index (χ0n) is 11.4. The molecule has 0 aliphatic heterocycles. The van der Waals surface area contributed by atoms with Gasteiger partial charge in [0.25, 0.3) is 0 Å². The molecule has 5 nitrogen and oxygen atoms in total. The summed E-state index contributed by atoms with van der Waals surface area (Å²) in [4.78, 5) is 0. The summed E-state index contributed by atoms with van der Waals surface area (Å²) in [5.74, 6) is 0.857. The van der Waals surface area contributed by atoms with Gasteiger partial charge in [-0.05, 0) is 48.9 Å². The van der Waals surface area contributed by atoms with E-state index >= 15 is 0 Å². The highest BCUT2D eigenvalue weighted by Gasteiger charge is 2.03. The van der Waals surface area contributed by atoms with Gasteiger partial charge in [-0.1, -0.05) is 0 Å². The first-order valence-corrected chi connectivity index (χ1v) is 6.13. The van der Waals surface area contributed by atoms with Gasteiger partial charge in [0.1, 0.15) is 11.5 Å². The van der Waals surface area contributed by atoms with Crippen molar-refractivity contribution in [1.29, 1.82) is 0 Å². The Kier molecular flexibility index (Phi) is 4.32. The fourth-order valence-electron chi connectivity index (χ4n) is 1.77. The average Bonchev–Trinajstić information content (AvgIpc) is 2.46. The number of aryl methyl sites for hydroxylation is 1. The molecular weight excluding hydrogens is 256 g/mol. The maximum atomic E-state index is 9.36. The van der Waals surface area contributed by atoms with Crippen LogP contribution in [0.1, 0.15) is 11.1 Å². The Morgan fingerprint density at radius 2 is 1.75 bits per heavy atom. The molecule has 2 rings (SSSR count). The van der Waals surface area contributed by atoms with Crippen molar-refractivity contribution in [3.05, 3.63) is 47.5 Å². The monoisotopic (exact) mass is 272 g/mol. The summed E-state index contributed by atoms with van der Waals surface area (Å²) in [6, 6.07) is 10.1. The second-order valence-corrected chi connectivity index (χ2v) is 4.32. The molecule has 0 saturated heterocycles. The van der Waals surface area contributed by atoms with Gasteiger partial charge in [-0.15, -0.1) is 0 Å². The standard InChI is InChI=1S/C15H16N2O3/c1-10-7-13(20-2)4-6-14(10)16-17-15-5-3-12(19)8-11(15)9-18/h3-8,18-19H,9H2,1-2H3. The maximum Gasteiger partial charge on any atom is 0.119 e. The number of methoxy groups -OCH3 is 1. The number of phenolic OH excluding ortho intramolecular Hbond substituents is 1. The Bertz CT molecular complexity index is 639. The maximum absolute atomic E-state index is 9.36. The molecule has 0 aliphatic rings. The van der Waals surface area contributed by atoms with Crippen LogP contribution in [0.4, 0.5) is 11.4 Å². The van der Waals surface area contributed by atoms with Crippen molar-refractivity contribution >= 4 is 11.4 Å². The predicted molar refractivity (Wildman–Crippen MR) is 75.9 cm³/mol. The first-order valence-electron chi connectivity index (χ1n) is 6.13. The van der Waals surface area contributed by atoms with Crippen molar-refractivity contribution in [1.82, 2.24) is 0 Å². The number of hydrogen-bond donors (Lipinski definition) is 2. The topological polar surface area (TPSA) is 74.4 Å². The molecule has 0 radical (unpaired) electrons. The molecule has 20 heavy (non-hydrogen) atoms. The molecule has 2 aromatic carbocycles. The summed E-state index contributed by atoms with van der Waals surface area (Å²) < 4.78 is 5.13. The summed E-state index contributed by atoms with van der Waals surface area (Å²) in [5, 5.41) is 26.9. The van der Waals surface area contributed by atoms with Crippen LogP contribution in [0.2, 0.25) is 0 Å². The number of nitrogens with zero attached hydrogens (tertiary/aromatic N) is 2. The molecule has 0 aromatic heterocycles. The highest BCUT2D eigenvalue weighted by molar-refractivity contribution is 5.52. The van der Waals surface area contributed by atoms with Crippen molar-refractivity contribution in [3.8, 4) is 11.5 Å². The van der Waals surface area contributed by atoms with Crippen molar-refractivity contribution in [2.24, 2.45) is 10.2 Å². The van der Waals surface area contributed by atoms with Gasteiger partial charge in [-0.25, -0.2) is 0 Å². The van der Waals surface area contributed by atoms with Gasteiger partial charge < -0.3 is 14.9 Å². The van der Waals surface area contributed by atoms with Crippen LogP contribution in [0, 0.1) is 6.92 Å². The van der Waals surface area contributed by atoms with Crippen molar-refractivity contribution < 1.29 is 14.9 Å². The van der Waals surface area contributed by atoms with E-state index in [4.69, 9.17) is 4.74 Å². The molecule has 0 unspecified atom stereocenters. The third kappa shape index (κ3) is 3.13. The SMILES string of the molecule is COc1ccc(N=Nc2ccc(O)cc2CO)c(C)c1. The fraction of sp³-hybridized carbons (Fsp3) is 0.200. The number of phenols is 1. The van der Waals surface area contributed by atoms with E-state index < -0.39 is 0 Å². The Labute approximate surface area is 117 Å². The largest absolute Gasteiger partial charge is 0.508 e. The lowest BCUT2D eigenvalue weighted by atomic mass is 10.2. The molecule has 2 N–H and O–H groups in total. The number of azo groups is 1. The number of aliphatic hydroxyl groups is 1. The zero-order chi connectivity index (χ0) is 14.5. The van der Waals surface area contributed by atoms with Crippen LogP contribution in [-0.4, -0.2) is 17.3 Å². The van der Waals surface area contributed by atoms with Crippen LogP contribution in [0.3, 0.4) is 0 Å². The lowest BCUT2D eigenvalue weighted by molar-refractivity contribution is 0.281. The first kappa shape index (κ1) is 14.0. The van der Waals surface area contributed by atoms with Crippen molar-refractivity contribution in [2.75, 3.05) is 7.11 Å². The lowest BCUT2D eigenvalue weighted by Gasteiger charge is -2.04. The van der Waals surface area contributed by atoms with Gasteiger partial charge in [-0.3, -0.25) is 0 Å². The lowest BCUT2D eigenvalue weighted by Crippen LogP contribution is -1.84. The second-order valence-electron chi connectivity index (χ2n) is 4.32. The number of hydrogen-bond acceptors (Lipinski definition) is 5. The summed E-state index contributed by atoms with van der Waals surface area (Å²) >= 11 is 0. The molecule has 0 saturated carbocycles. The molecule has 0 fully saturated rings. The minimum atomic E-state index is -0.204. The summed E-state index contributed by atoms with van der Waals surface area (Å²) in [5.41, 5.74) is 2.72. The molecule has 2 aromatic rings. The minimum absolute atomic E-state index is 0.0913. The number of aliphatic hydroxyl groups excluding tert-OH is 1. The van der Waals surface area contributed by atoms with Crippen molar-refractivity contribution in [3.63, 3.8) is 0 Å². The van der Waals surface area contributed by atoms with Gasteiger partial charge in [-0.2, -0.15) is 10.2 Å². The summed E-state index contributed by atoms with van der Waals surface area (Å²) in [7, 11) is 1.61. The smallest absolute Gasteiger partial charge is 0.119 e. The minimum Gasteiger partial charge on any atom is -0.508 e. The van der Waals surface area contributed by atoms with Gasteiger partial charge in [0, 0.05) is 5.56 Å². The molecule has 0 aliphatic carbocycles. The molecule has 5 heteroatoms. The Morgan fingerprint density at radius 3 is 2.40 bits per heavy atom. The van der Waals surface area contributed by atoms with Crippen LogP contribution < -0.4 is 4.74 Å². The van der Waals surface area contributed by atoms with Gasteiger partial charge in [0.2, 0.25) is 0 Å². The number of aromatic hydroxyl groups is 1. The Hall–Kier alpha value is -2.40. The Morgan fingerprint density at radius 1 is 1.05 bits per heavy atom. The molecule has 0 heterocycles. The molecular formula is C15H16N2O3. The summed E-state index contributed by atoms with van der Waals surface area (Å²) in [6.07, 6.45) is 0. The highest BCUT2D eigenvalue weighted by atomic mass is 16.5. The van der Waals surface area contributed by atoms with E-state index in [0.29, 0.717) is 11.3 Å². The highest BCUT2D eigenvalue weighted by Crippen LogP contribution is 2.28. The second kappa shape index (κ2) is 6.16. The van der Waals surface area contributed by atoms with Gasteiger partial charge >= 0.3 is 0 Å². The third-order valence-electron chi connectivity index (χ3n) is 2.90. The van der Waals surface area contributed by atoms with E-state index in [1.807, 2.05) is 25.1 Å². The van der Waals surface area contributed by atoms with Crippen LogP contribution in [-0.2, 0) is 6.61 Å². The normalized spacial score (nSPS) is 10.9. The fourth-order valence-corrected chi connectivity index (χ4v) is 1.77. The van der Waals surface area contributed by atoms with E-state index in [1.54, 1.807) is 13.2 Å². The number of rotatable bonds is 4. The van der Waals surface area contributed by atoms with Crippen LogP contribution in [0.25, 0.3) is 0 Å². The van der Waals surface area contributed by atoms with E-state index in [-0.39, 0.29) is 12.4 Å². The molecule has 104 valence electrons. The summed E-state index contributed by atoms with van der Waals surface area (Å²) in [6.45, 7) is 1.71.